The first-order valence-electron chi connectivity index (χ1n) is 8.90. The van der Waals surface area contributed by atoms with Gasteiger partial charge in [0.05, 0.1) is 11.1 Å². The molecule has 1 aliphatic heterocycles. The summed E-state index contributed by atoms with van der Waals surface area (Å²) in [6, 6.07) is 7.52. The third-order valence-corrected chi connectivity index (χ3v) is 4.51. The summed E-state index contributed by atoms with van der Waals surface area (Å²) >= 11 is 0. The molecule has 0 radical (unpaired) electrons. The standard InChI is InChI=1S/C20H22FN3O2/c21-18-7-5-15(6-8-18)12-23-19(25)16-11-17(14-22-13-16)20(26)24-9-3-1-2-4-10-24/h5-8,11,13-14H,1-4,9-10,12H2,(H,23,25). The molecule has 2 amide bonds. The Kier molecular flexibility index (Phi) is 5.94. The molecular formula is C20H22FN3O2. The molecule has 0 atom stereocenters. The van der Waals surface area contributed by atoms with E-state index in [1.807, 2.05) is 4.90 Å². The molecule has 1 aliphatic rings. The lowest BCUT2D eigenvalue weighted by Crippen LogP contribution is -2.32. The van der Waals surface area contributed by atoms with Gasteiger partial charge in [-0.15, -0.1) is 0 Å². The van der Waals surface area contributed by atoms with Gasteiger partial charge in [-0.05, 0) is 36.6 Å². The van der Waals surface area contributed by atoms with Gasteiger partial charge in [0, 0.05) is 32.0 Å². The van der Waals surface area contributed by atoms with Gasteiger partial charge < -0.3 is 10.2 Å². The summed E-state index contributed by atoms with van der Waals surface area (Å²) in [7, 11) is 0. The topological polar surface area (TPSA) is 62.3 Å². The Morgan fingerprint density at radius 3 is 2.35 bits per heavy atom. The number of amides is 2. The van der Waals surface area contributed by atoms with Crippen LogP contribution in [-0.4, -0.2) is 34.8 Å². The lowest BCUT2D eigenvalue weighted by molar-refractivity contribution is 0.0761. The average Bonchev–Trinajstić information content (AvgIpc) is 2.96. The van der Waals surface area contributed by atoms with Crippen molar-refractivity contribution in [1.29, 1.82) is 0 Å². The Balaban J connectivity index is 1.64. The summed E-state index contributed by atoms with van der Waals surface area (Å²) in [5.41, 5.74) is 1.57. The van der Waals surface area contributed by atoms with Crippen LogP contribution in [0, 0.1) is 5.82 Å². The second kappa shape index (κ2) is 8.56. The first-order valence-corrected chi connectivity index (χ1v) is 8.90. The molecule has 0 spiro atoms. The highest BCUT2D eigenvalue weighted by Crippen LogP contribution is 2.14. The third-order valence-electron chi connectivity index (χ3n) is 4.51. The molecule has 2 heterocycles. The van der Waals surface area contributed by atoms with Gasteiger partial charge in [0.1, 0.15) is 5.82 Å². The van der Waals surface area contributed by atoms with Crippen LogP contribution >= 0.6 is 0 Å². The minimum atomic E-state index is -0.316. The number of hydrogen-bond donors (Lipinski definition) is 1. The number of hydrogen-bond acceptors (Lipinski definition) is 3. The van der Waals surface area contributed by atoms with E-state index in [0.29, 0.717) is 11.1 Å². The van der Waals surface area contributed by atoms with Crippen molar-refractivity contribution in [3.8, 4) is 0 Å². The van der Waals surface area contributed by atoms with E-state index < -0.39 is 0 Å². The van der Waals surface area contributed by atoms with E-state index in [4.69, 9.17) is 0 Å². The van der Waals surface area contributed by atoms with E-state index in [1.165, 1.54) is 24.5 Å². The van der Waals surface area contributed by atoms with Gasteiger partial charge >= 0.3 is 0 Å². The fraction of sp³-hybridized carbons (Fsp3) is 0.350. The van der Waals surface area contributed by atoms with Crippen LogP contribution in [0.25, 0.3) is 0 Å². The molecule has 6 heteroatoms. The number of likely N-dealkylation sites (tertiary alicyclic amines) is 1. The number of nitrogens with one attached hydrogen (secondary N) is 1. The first-order chi connectivity index (χ1) is 12.6. The van der Waals surface area contributed by atoms with Crippen LogP contribution in [0.15, 0.2) is 42.7 Å². The molecule has 0 bridgehead atoms. The lowest BCUT2D eigenvalue weighted by atomic mass is 10.1. The molecule has 136 valence electrons. The van der Waals surface area contributed by atoms with Crippen LogP contribution in [0.3, 0.4) is 0 Å². The van der Waals surface area contributed by atoms with Crippen LogP contribution in [0.5, 0.6) is 0 Å². The molecule has 1 aromatic heterocycles. The zero-order valence-corrected chi connectivity index (χ0v) is 14.6. The predicted molar refractivity (Wildman–Crippen MR) is 96.2 cm³/mol. The monoisotopic (exact) mass is 355 g/mol. The molecule has 3 rings (SSSR count). The molecule has 0 unspecified atom stereocenters. The fourth-order valence-corrected chi connectivity index (χ4v) is 3.02. The van der Waals surface area contributed by atoms with Crippen molar-refractivity contribution in [2.75, 3.05) is 13.1 Å². The van der Waals surface area contributed by atoms with Crippen LogP contribution < -0.4 is 5.32 Å². The van der Waals surface area contributed by atoms with Gasteiger partial charge in [-0.1, -0.05) is 25.0 Å². The minimum absolute atomic E-state index is 0.0763. The normalized spacial score (nSPS) is 14.6. The molecule has 1 aromatic carbocycles. The largest absolute Gasteiger partial charge is 0.348 e. The van der Waals surface area contributed by atoms with Gasteiger partial charge in [-0.3, -0.25) is 14.6 Å². The number of carbonyl (C=O) groups is 2. The highest BCUT2D eigenvalue weighted by atomic mass is 19.1. The van der Waals surface area contributed by atoms with Crippen LogP contribution in [-0.2, 0) is 6.54 Å². The number of rotatable bonds is 4. The summed E-state index contributed by atoms with van der Waals surface area (Å²) in [6.45, 7) is 1.78. The molecule has 1 saturated heterocycles. The van der Waals surface area contributed by atoms with Gasteiger partial charge in [-0.2, -0.15) is 0 Å². The number of halogens is 1. The Morgan fingerprint density at radius 1 is 1.00 bits per heavy atom. The highest BCUT2D eigenvalue weighted by molar-refractivity contribution is 5.99. The van der Waals surface area contributed by atoms with Gasteiger partial charge in [0.2, 0.25) is 0 Å². The van der Waals surface area contributed by atoms with Crippen molar-refractivity contribution in [2.45, 2.75) is 32.2 Å². The summed E-state index contributed by atoms with van der Waals surface area (Å²) in [5, 5.41) is 2.76. The van der Waals surface area contributed by atoms with Gasteiger partial charge in [0.25, 0.3) is 11.8 Å². The number of benzene rings is 1. The Labute approximate surface area is 152 Å². The van der Waals surface area contributed by atoms with Crippen molar-refractivity contribution >= 4 is 11.8 Å². The van der Waals surface area contributed by atoms with E-state index in [1.54, 1.807) is 18.2 Å². The molecule has 5 nitrogen and oxygen atoms in total. The van der Waals surface area contributed by atoms with Crippen molar-refractivity contribution < 1.29 is 14.0 Å². The van der Waals surface area contributed by atoms with Gasteiger partial charge in [0.15, 0.2) is 0 Å². The molecule has 0 saturated carbocycles. The minimum Gasteiger partial charge on any atom is -0.348 e. The van der Waals surface area contributed by atoms with E-state index in [2.05, 4.69) is 10.3 Å². The maximum atomic E-state index is 12.9. The van der Waals surface area contributed by atoms with E-state index in [9.17, 15) is 14.0 Å². The quantitative estimate of drug-likeness (QED) is 0.916. The maximum Gasteiger partial charge on any atom is 0.255 e. The third kappa shape index (κ3) is 4.65. The van der Waals surface area contributed by atoms with Crippen molar-refractivity contribution in [1.82, 2.24) is 15.2 Å². The van der Waals surface area contributed by atoms with Crippen LogP contribution in [0.1, 0.15) is 52.0 Å². The first kappa shape index (κ1) is 18.0. The number of aromatic nitrogens is 1. The van der Waals surface area contributed by atoms with Gasteiger partial charge in [-0.25, -0.2) is 4.39 Å². The van der Waals surface area contributed by atoms with E-state index in [-0.39, 0.29) is 24.2 Å². The second-order valence-electron chi connectivity index (χ2n) is 6.48. The molecule has 26 heavy (non-hydrogen) atoms. The fourth-order valence-electron chi connectivity index (χ4n) is 3.02. The smallest absolute Gasteiger partial charge is 0.255 e. The maximum absolute atomic E-state index is 12.9. The molecule has 1 N–H and O–H groups in total. The van der Waals surface area contributed by atoms with Crippen LogP contribution in [0.2, 0.25) is 0 Å². The van der Waals surface area contributed by atoms with E-state index >= 15 is 0 Å². The Morgan fingerprint density at radius 2 is 1.65 bits per heavy atom. The summed E-state index contributed by atoms with van der Waals surface area (Å²) in [4.78, 5) is 30.9. The number of pyridine rings is 1. The zero-order chi connectivity index (χ0) is 18.4. The summed E-state index contributed by atoms with van der Waals surface area (Å²) < 4.78 is 12.9. The Bertz CT molecular complexity index is 769. The van der Waals surface area contributed by atoms with Crippen LogP contribution in [0.4, 0.5) is 4.39 Å². The van der Waals surface area contributed by atoms with Crippen molar-refractivity contribution in [3.63, 3.8) is 0 Å². The number of nitrogens with zero attached hydrogens (tertiary/aromatic N) is 2. The number of carbonyl (C=O) groups excluding carboxylic acids is 2. The summed E-state index contributed by atoms with van der Waals surface area (Å²) in [6.07, 6.45) is 7.26. The van der Waals surface area contributed by atoms with E-state index in [0.717, 1.165) is 44.3 Å². The lowest BCUT2D eigenvalue weighted by Gasteiger charge is -2.20. The SMILES string of the molecule is O=C(NCc1ccc(F)cc1)c1cncc(C(=O)N2CCCCCC2)c1. The predicted octanol–water partition coefficient (Wildman–Crippen LogP) is 3.17. The average molecular weight is 355 g/mol. The highest BCUT2D eigenvalue weighted by Gasteiger charge is 2.19. The molecule has 1 fully saturated rings. The molecule has 2 aromatic rings. The zero-order valence-electron chi connectivity index (χ0n) is 14.6. The second-order valence-corrected chi connectivity index (χ2v) is 6.48. The Hall–Kier alpha value is -2.76. The molecular weight excluding hydrogens is 333 g/mol. The van der Waals surface area contributed by atoms with Crippen molar-refractivity contribution in [2.24, 2.45) is 0 Å². The summed E-state index contributed by atoms with van der Waals surface area (Å²) in [5.74, 6) is -0.705. The van der Waals surface area contributed by atoms with Crippen molar-refractivity contribution in [3.05, 3.63) is 65.2 Å². The molecule has 0 aliphatic carbocycles.